The number of nitrogens with one attached hydrogen (secondary N) is 1. The van der Waals surface area contributed by atoms with Crippen LogP contribution in [-0.4, -0.2) is 24.7 Å². The van der Waals surface area contributed by atoms with Gasteiger partial charge in [0.2, 0.25) is 0 Å². The molecule has 0 radical (unpaired) electrons. The van der Waals surface area contributed by atoms with Gasteiger partial charge in [-0.3, -0.25) is 4.79 Å². The number of benzene rings is 1. The molecule has 0 heterocycles. The molecule has 136 valence electrons. The molecule has 24 heavy (non-hydrogen) atoms. The molecule has 0 saturated heterocycles. The van der Waals surface area contributed by atoms with E-state index in [-0.39, 0.29) is 12.0 Å². The topological polar surface area (TPSA) is 47.6 Å². The number of carbonyl (C=O) groups is 1. The van der Waals surface area contributed by atoms with E-state index in [9.17, 15) is 4.79 Å². The number of amides is 1. The lowest BCUT2D eigenvalue weighted by Crippen LogP contribution is -2.43. The number of ether oxygens (including phenoxy) is 2. The molecule has 4 nitrogen and oxygen atoms in total. The first-order valence-electron chi connectivity index (χ1n) is 8.77. The SMILES string of the molecule is CC[C@@H](C)Oc1c(C)cc(NC(=O)[C@](C)(CC(C)C)OC)cc1C. The molecule has 0 fully saturated rings. The van der Waals surface area contributed by atoms with Gasteiger partial charge in [-0.2, -0.15) is 0 Å². The van der Waals surface area contributed by atoms with Crippen molar-refractivity contribution in [2.45, 2.75) is 73.0 Å². The van der Waals surface area contributed by atoms with Crippen molar-refractivity contribution in [3.05, 3.63) is 23.3 Å². The van der Waals surface area contributed by atoms with Crippen LogP contribution in [0.1, 0.15) is 58.6 Å². The van der Waals surface area contributed by atoms with Crippen molar-refractivity contribution in [3.8, 4) is 5.75 Å². The number of methoxy groups -OCH3 is 1. The van der Waals surface area contributed by atoms with E-state index in [2.05, 4.69) is 33.0 Å². The monoisotopic (exact) mass is 335 g/mol. The van der Waals surface area contributed by atoms with Crippen molar-refractivity contribution in [1.82, 2.24) is 0 Å². The number of anilines is 1. The normalized spacial score (nSPS) is 15.0. The van der Waals surface area contributed by atoms with Gasteiger partial charge in [0.25, 0.3) is 5.91 Å². The average molecular weight is 335 g/mol. The standard InChI is InChI=1S/C20H33NO3/c1-9-16(6)24-18-14(4)10-17(11-15(18)5)21-19(22)20(7,23-8)12-13(2)3/h10-11,13,16H,9,12H2,1-8H3,(H,21,22)/t16-,20+/m1/s1. The summed E-state index contributed by atoms with van der Waals surface area (Å²) in [5.41, 5.74) is 1.99. The van der Waals surface area contributed by atoms with Gasteiger partial charge >= 0.3 is 0 Å². The molecule has 2 atom stereocenters. The molecular weight excluding hydrogens is 302 g/mol. The Kier molecular flexibility index (Phi) is 7.27. The van der Waals surface area contributed by atoms with E-state index in [1.165, 1.54) is 0 Å². The maximum absolute atomic E-state index is 12.7. The highest BCUT2D eigenvalue weighted by Crippen LogP contribution is 2.30. The average Bonchev–Trinajstić information content (AvgIpc) is 2.49. The van der Waals surface area contributed by atoms with Crippen molar-refractivity contribution >= 4 is 11.6 Å². The van der Waals surface area contributed by atoms with Crippen LogP contribution >= 0.6 is 0 Å². The summed E-state index contributed by atoms with van der Waals surface area (Å²) in [5.74, 6) is 1.16. The Morgan fingerprint density at radius 2 is 1.75 bits per heavy atom. The van der Waals surface area contributed by atoms with Crippen LogP contribution in [0.15, 0.2) is 12.1 Å². The van der Waals surface area contributed by atoms with E-state index < -0.39 is 5.60 Å². The minimum Gasteiger partial charge on any atom is -0.490 e. The second-order valence-electron chi connectivity index (χ2n) is 7.26. The van der Waals surface area contributed by atoms with Crippen molar-refractivity contribution < 1.29 is 14.3 Å². The number of hydrogen-bond donors (Lipinski definition) is 1. The molecule has 0 unspecified atom stereocenters. The summed E-state index contributed by atoms with van der Waals surface area (Å²) in [4.78, 5) is 12.7. The Labute approximate surface area is 146 Å². The third kappa shape index (κ3) is 5.23. The molecule has 1 N–H and O–H groups in total. The lowest BCUT2D eigenvalue weighted by atomic mass is 9.93. The van der Waals surface area contributed by atoms with Crippen LogP contribution in [0.5, 0.6) is 5.75 Å². The maximum Gasteiger partial charge on any atom is 0.256 e. The Hall–Kier alpha value is -1.55. The zero-order valence-electron chi connectivity index (χ0n) is 16.4. The van der Waals surface area contributed by atoms with Crippen LogP contribution in [-0.2, 0) is 9.53 Å². The zero-order valence-corrected chi connectivity index (χ0v) is 16.4. The fourth-order valence-electron chi connectivity index (χ4n) is 2.80. The second-order valence-corrected chi connectivity index (χ2v) is 7.26. The largest absolute Gasteiger partial charge is 0.490 e. The molecule has 0 aromatic heterocycles. The van der Waals surface area contributed by atoms with Crippen LogP contribution in [0.3, 0.4) is 0 Å². The van der Waals surface area contributed by atoms with Gasteiger partial charge in [0.15, 0.2) is 0 Å². The van der Waals surface area contributed by atoms with Gasteiger partial charge in [0.05, 0.1) is 6.10 Å². The predicted octanol–water partition coefficient (Wildman–Crippen LogP) is 4.87. The van der Waals surface area contributed by atoms with Gasteiger partial charge in [0, 0.05) is 12.8 Å². The number of rotatable bonds is 8. The van der Waals surface area contributed by atoms with Crippen molar-refractivity contribution in [3.63, 3.8) is 0 Å². The molecule has 0 aliphatic rings. The van der Waals surface area contributed by atoms with E-state index in [1.54, 1.807) is 7.11 Å². The summed E-state index contributed by atoms with van der Waals surface area (Å²) in [6, 6.07) is 3.90. The zero-order chi connectivity index (χ0) is 18.5. The smallest absolute Gasteiger partial charge is 0.256 e. The quantitative estimate of drug-likeness (QED) is 0.737. The van der Waals surface area contributed by atoms with Crippen LogP contribution in [0, 0.1) is 19.8 Å². The van der Waals surface area contributed by atoms with Gasteiger partial charge in [-0.15, -0.1) is 0 Å². The van der Waals surface area contributed by atoms with Gasteiger partial charge < -0.3 is 14.8 Å². The molecule has 1 rings (SSSR count). The van der Waals surface area contributed by atoms with E-state index in [4.69, 9.17) is 9.47 Å². The lowest BCUT2D eigenvalue weighted by Gasteiger charge is -2.29. The lowest BCUT2D eigenvalue weighted by molar-refractivity contribution is -0.137. The number of hydrogen-bond acceptors (Lipinski definition) is 3. The summed E-state index contributed by atoms with van der Waals surface area (Å²) in [6.07, 6.45) is 1.80. The second kappa shape index (κ2) is 8.52. The van der Waals surface area contributed by atoms with Crippen LogP contribution in [0.2, 0.25) is 0 Å². The van der Waals surface area contributed by atoms with Crippen molar-refractivity contribution in [2.75, 3.05) is 12.4 Å². The Balaban J connectivity index is 2.98. The molecular formula is C20H33NO3. The number of aryl methyl sites for hydroxylation is 2. The van der Waals surface area contributed by atoms with Gasteiger partial charge in [0.1, 0.15) is 11.4 Å². The Morgan fingerprint density at radius 3 is 2.17 bits per heavy atom. The van der Waals surface area contributed by atoms with E-state index in [0.717, 1.165) is 29.0 Å². The Bertz CT molecular complexity index is 545. The molecule has 1 amide bonds. The minimum absolute atomic E-state index is 0.118. The molecule has 4 heteroatoms. The van der Waals surface area contributed by atoms with Crippen molar-refractivity contribution in [2.24, 2.45) is 5.92 Å². The number of carbonyl (C=O) groups excluding carboxylic acids is 1. The minimum atomic E-state index is -0.831. The third-order valence-corrected chi connectivity index (χ3v) is 4.34. The van der Waals surface area contributed by atoms with Gasteiger partial charge in [-0.1, -0.05) is 20.8 Å². The molecule has 1 aromatic carbocycles. The predicted molar refractivity (Wildman–Crippen MR) is 99.8 cm³/mol. The first-order chi connectivity index (χ1) is 11.1. The molecule has 0 bridgehead atoms. The maximum atomic E-state index is 12.7. The highest BCUT2D eigenvalue weighted by Gasteiger charge is 2.34. The van der Waals surface area contributed by atoms with E-state index in [1.807, 2.05) is 32.9 Å². The fourth-order valence-corrected chi connectivity index (χ4v) is 2.80. The van der Waals surface area contributed by atoms with E-state index in [0.29, 0.717) is 12.3 Å². The van der Waals surface area contributed by atoms with Crippen LogP contribution < -0.4 is 10.1 Å². The summed E-state index contributed by atoms with van der Waals surface area (Å²) < 4.78 is 11.5. The summed E-state index contributed by atoms with van der Waals surface area (Å²) in [7, 11) is 1.58. The van der Waals surface area contributed by atoms with Crippen LogP contribution in [0.25, 0.3) is 0 Å². The fraction of sp³-hybridized carbons (Fsp3) is 0.650. The molecule has 0 aliphatic heterocycles. The molecule has 0 spiro atoms. The van der Waals surface area contributed by atoms with Gasteiger partial charge in [-0.25, -0.2) is 0 Å². The first-order valence-corrected chi connectivity index (χ1v) is 8.77. The summed E-state index contributed by atoms with van der Waals surface area (Å²) in [6.45, 7) is 14.2. The summed E-state index contributed by atoms with van der Waals surface area (Å²) in [5, 5.41) is 3.00. The van der Waals surface area contributed by atoms with Crippen molar-refractivity contribution in [1.29, 1.82) is 0 Å². The Morgan fingerprint density at radius 1 is 1.21 bits per heavy atom. The first kappa shape index (κ1) is 20.5. The van der Waals surface area contributed by atoms with E-state index >= 15 is 0 Å². The molecule has 1 aromatic rings. The summed E-state index contributed by atoms with van der Waals surface area (Å²) >= 11 is 0. The third-order valence-electron chi connectivity index (χ3n) is 4.34. The molecule has 0 aliphatic carbocycles. The van der Waals surface area contributed by atoms with Crippen LogP contribution in [0.4, 0.5) is 5.69 Å². The molecule has 0 saturated carbocycles. The highest BCUT2D eigenvalue weighted by atomic mass is 16.5. The van der Waals surface area contributed by atoms with Gasteiger partial charge in [-0.05, 0) is 69.7 Å². The highest BCUT2D eigenvalue weighted by molar-refractivity contribution is 5.97.